The quantitative estimate of drug-likeness (QED) is 0.812. The molecule has 1 aliphatic rings. The molecule has 0 aromatic heterocycles. The standard InChI is InChI=1S/C13H17N3S/c1-10-9-15-5-6-16(10)13-4-3-12(17-2)7-11(13)8-14/h3-4,7,10,15H,5-6,9H2,1-2H3/t10-/m1/s1. The number of benzene rings is 1. The Labute approximate surface area is 107 Å². The molecule has 0 radical (unpaired) electrons. The average Bonchev–Trinajstić information content (AvgIpc) is 2.38. The van der Waals surface area contributed by atoms with Gasteiger partial charge >= 0.3 is 0 Å². The van der Waals surface area contributed by atoms with Crippen LogP contribution in [0.25, 0.3) is 0 Å². The van der Waals surface area contributed by atoms with Gasteiger partial charge in [-0.05, 0) is 31.4 Å². The summed E-state index contributed by atoms with van der Waals surface area (Å²) in [5.74, 6) is 0. The zero-order chi connectivity index (χ0) is 12.3. The molecule has 1 fully saturated rings. The third kappa shape index (κ3) is 2.56. The molecule has 1 aromatic carbocycles. The summed E-state index contributed by atoms with van der Waals surface area (Å²) < 4.78 is 0. The van der Waals surface area contributed by atoms with E-state index in [1.165, 1.54) is 0 Å². The molecule has 0 spiro atoms. The molecule has 2 rings (SSSR count). The maximum absolute atomic E-state index is 9.25. The van der Waals surface area contributed by atoms with E-state index in [1.54, 1.807) is 11.8 Å². The number of thioether (sulfide) groups is 1. The molecule has 1 heterocycles. The van der Waals surface area contributed by atoms with Crippen LogP contribution in [0.4, 0.5) is 5.69 Å². The lowest BCUT2D eigenvalue weighted by molar-refractivity contribution is 0.500. The van der Waals surface area contributed by atoms with Gasteiger partial charge < -0.3 is 10.2 Å². The van der Waals surface area contributed by atoms with E-state index in [2.05, 4.69) is 35.3 Å². The highest BCUT2D eigenvalue weighted by Crippen LogP contribution is 2.27. The van der Waals surface area contributed by atoms with Crippen molar-refractivity contribution in [2.45, 2.75) is 17.9 Å². The molecule has 90 valence electrons. The minimum Gasteiger partial charge on any atom is -0.365 e. The van der Waals surface area contributed by atoms with E-state index in [-0.39, 0.29) is 0 Å². The highest BCUT2D eigenvalue weighted by atomic mass is 32.2. The Balaban J connectivity index is 2.34. The van der Waals surface area contributed by atoms with Crippen LogP contribution in [-0.4, -0.2) is 31.9 Å². The van der Waals surface area contributed by atoms with E-state index in [4.69, 9.17) is 0 Å². The van der Waals surface area contributed by atoms with Crippen LogP contribution < -0.4 is 10.2 Å². The Hall–Kier alpha value is -1.18. The largest absolute Gasteiger partial charge is 0.365 e. The Morgan fingerprint density at radius 3 is 3.00 bits per heavy atom. The van der Waals surface area contributed by atoms with Crippen LogP contribution in [0.5, 0.6) is 0 Å². The molecule has 0 unspecified atom stereocenters. The fourth-order valence-electron chi connectivity index (χ4n) is 2.18. The van der Waals surface area contributed by atoms with Crippen LogP contribution in [0.3, 0.4) is 0 Å². The van der Waals surface area contributed by atoms with Crippen molar-refractivity contribution < 1.29 is 0 Å². The van der Waals surface area contributed by atoms with Crippen molar-refractivity contribution in [1.29, 1.82) is 5.26 Å². The van der Waals surface area contributed by atoms with Gasteiger partial charge in [-0.25, -0.2) is 0 Å². The van der Waals surface area contributed by atoms with Gasteiger partial charge in [0.1, 0.15) is 6.07 Å². The topological polar surface area (TPSA) is 39.1 Å². The molecule has 1 aliphatic heterocycles. The van der Waals surface area contributed by atoms with E-state index < -0.39 is 0 Å². The molecule has 1 atom stereocenters. The summed E-state index contributed by atoms with van der Waals surface area (Å²) >= 11 is 1.67. The third-order valence-electron chi connectivity index (χ3n) is 3.13. The number of anilines is 1. The van der Waals surface area contributed by atoms with E-state index in [0.717, 1.165) is 35.8 Å². The molecule has 1 aromatic rings. The summed E-state index contributed by atoms with van der Waals surface area (Å²) in [5, 5.41) is 12.6. The first-order chi connectivity index (χ1) is 8.26. The van der Waals surface area contributed by atoms with Gasteiger partial charge in [0, 0.05) is 30.6 Å². The Morgan fingerprint density at radius 2 is 2.35 bits per heavy atom. The molecule has 1 N–H and O–H groups in total. The molecule has 17 heavy (non-hydrogen) atoms. The van der Waals surface area contributed by atoms with Crippen molar-refractivity contribution in [3.63, 3.8) is 0 Å². The van der Waals surface area contributed by atoms with Gasteiger partial charge in [0.15, 0.2) is 0 Å². The van der Waals surface area contributed by atoms with Crippen LogP contribution in [-0.2, 0) is 0 Å². The molecule has 3 nitrogen and oxygen atoms in total. The SMILES string of the molecule is CSc1ccc(N2CCNC[C@H]2C)c(C#N)c1. The third-order valence-corrected chi connectivity index (χ3v) is 3.86. The number of piperazine rings is 1. The zero-order valence-corrected chi connectivity index (χ0v) is 11.0. The fraction of sp³-hybridized carbons (Fsp3) is 0.462. The van der Waals surface area contributed by atoms with Crippen molar-refractivity contribution in [1.82, 2.24) is 5.32 Å². The highest BCUT2D eigenvalue weighted by molar-refractivity contribution is 7.98. The van der Waals surface area contributed by atoms with Crippen LogP contribution >= 0.6 is 11.8 Å². The van der Waals surface area contributed by atoms with E-state index in [0.29, 0.717) is 6.04 Å². The normalized spacial score (nSPS) is 20.1. The maximum Gasteiger partial charge on any atom is 0.101 e. The molecule has 0 bridgehead atoms. The Kier molecular flexibility index (Phi) is 3.93. The molecular weight excluding hydrogens is 230 g/mol. The average molecular weight is 247 g/mol. The van der Waals surface area contributed by atoms with Crippen LogP contribution in [0.2, 0.25) is 0 Å². The van der Waals surface area contributed by atoms with Crippen LogP contribution in [0.15, 0.2) is 23.1 Å². The monoisotopic (exact) mass is 247 g/mol. The van der Waals surface area contributed by atoms with Gasteiger partial charge in [0.05, 0.1) is 11.3 Å². The van der Waals surface area contributed by atoms with Gasteiger partial charge in [0.25, 0.3) is 0 Å². The predicted octanol–water partition coefficient (Wildman–Crippen LogP) is 2.08. The summed E-state index contributed by atoms with van der Waals surface area (Å²) in [7, 11) is 0. The summed E-state index contributed by atoms with van der Waals surface area (Å²) in [6, 6.07) is 8.90. The van der Waals surface area contributed by atoms with Crippen LogP contribution in [0, 0.1) is 11.3 Å². The minimum atomic E-state index is 0.441. The number of nitrogens with zero attached hydrogens (tertiary/aromatic N) is 2. The van der Waals surface area contributed by atoms with Crippen molar-refractivity contribution in [2.75, 3.05) is 30.8 Å². The van der Waals surface area contributed by atoms with Crippen molar-refractivity contribution >= 4 is 17.4 Å². The van der Waals surface area contributed by atoms with E-state index in [1.807, 2.05) is 12.3 Å². The number of hydrogen-bond donors (Lipinski definition) is 1. The predicted molar refractivity (Wildman–Crippen MR) is 72.6 cm³/mol. The number of rotatable bonds is 2. The van der Waals surface area contributed by atoms with Gasteiger partial charge in [0.2, 0.25) is 0 Å². The van der Waals surface area contributed by atoms with Crippen LogP contribution in [0.1, 0.15) is 12.5 Å². The van der Waals surface area contributed by atoms with Crippen molar-refractivity contribution in [2.24, 2.45) is 0 Å². The lowest BCUT2D eigenvalue weighted by Gasteiger charge is -2.36. The molecule has 4 heteroatoms. The fourth-order valence-corrected chi connectivity index (χ4v) is 2.62. The zero-order valence-electron chi connectivity index (χ0n) is 10.2. The number of nitrogens with one attached hydrogen (secondary N) is 1. The highest BCUT2D eigenvalue weighted by Gasteiger charge is 2.20. The first-order valence-electron chi connectivity index (χ1n) is 5.81. The van der Waals surface area contributed by atoms with Gasteiger partial charge in [-0.1, -0.05) is 0 Å². The summed E-state index contributed by atoms with van der Waals surface area (Å²) in [5.41, 5.74) is 1.85. The van der Waals surface area contributed by atoms with Gasteiger partial charge in [-0.2, -0.15) is 5.26 Å². The lowest BCUT2D eigenvalue weighted by Crippen LogP contribution is -2.50. The molecular formula is C13H17N3S. The smallest absolute Gasteiger partial charge is 0.101 e. The molecule has 0 aliphatic carbocycles. The summed E-state index contributed by atoms with van der Waals surface area (Å²) in [6.07, 6.45) is 2.03. The Bertz CT molecular complexity index is 439. The second kappa shape index (κ2) is 5.44. The lowest BCUT2D eigenvalue weighted by atomic mass is 10.1. The second-order valence-electron chi connectivity index (χ2n) is 4.24. The molecule has 0 amide bonds. The molecule has 0 saturated carbocycles. The number of nitriles is 1. The van der Waals surface area contributed by atoms with Gasteiger partial charge in [-0.3, -0.25) is 0 Å². The minimum absolute atomic E-state index is 0.441. The van der Waals surface area contributed by atoms with Crippen molar-refractivity contribution in [3.05, 3.63) is 23.8 Å². The second-order valence-corrected chi connectivity index (χ2v) is 5.12. The van der Waals surface area contributed by atoms with Gasteiger partial charge in [-0.15, -0.1) is 11.8 Å². The summed E-state index contributed by atoms with van der Waals surface area (Å²) in [6.45, 7) is 5.12. The molecule has 1 saturated heterocycles. The maximum atomic E-state index is 9.25. The first kappa shape index (κ1) is 12.3. The van der Waals surface area contributed by atoms with Crippen molar-refractivity contribution in [3.8, 4) is 6.07 Å². The van der Waals surface area contributed by atoms with E-state index in [9.17, 15) is 5.26 Å². The Morgan fingerprint density at radius 1 is 1.53 bits per heavy atom. The van der Waals surface area contributed by atoms with E-state index >= 15 is 0 Å². The summed E-state index contributed by atoms with van der Waals surface area (Å²) in [4.78, 5) is 3.46. The number of hydrogen-bond acceptors (Lipinski definition) is 4. The first-order valence-corrected chi connectivity index (χ1v) is 7.04.